The molecule has 0 aromatic heterocycles. The van der Waals surface area contributed by atoms with E-state index in [9.17, 15) is 9.59 Å². The summed E-state index contributed by atoms with van der Waals surface area (Å²) < 4.78 is 0. The predicted octanol–water partition coefficient (Wildman–Crippen LogP) is 3.00. The highest BCUT2D eigenvalue weighted by molar-refractivity contribution is 5.96. The van der Waals surface area contributed by atoms with Gasteiger partial charge >= 0.3 is 5.97 Å². The van der Waals surface area contributed by atoms with E-state index in [1.165, 1.54) is 0 Å². The zero-order valence-electron chi connectivity index (χ0n) is 11.4. The maximum Gasteiger partial charge on any atom is 0.307 e. The van der Waals surface area contributed by atoms with Gasteiger partial charge in [0.1, 0.15) is 0 Å². The number of rotatable bonds is 6. The van der Waals surface area contributed by atoms with Crippen LogP contribution in [0.25, 0.3) is 0 Å². The van der Waals surface area contributed by atoms with Crippen LogP contribution in [0.5, 0.6) is 0 Å². The highest BCUT2D eigenvalue weighted by atomic mass is 16.4. The molecule has 1 aromatic carbocycles. The number of anilines is 1. The fourth-order valence-electron chi connectivity index (χ4n) is 2.60. The van der Waals surface area contributed by atoms with Crippen LogP contribution in [-0.2, 0) is 16.0 Å². The van der Waals surface area contributed by atoms with Gasteiger partial charge in [0.2, 0.25) is 5.91 Å². The van der Waals surface area contributed by atoms with Crippen molar-refractivity contribution < 1.29 is 14.7 Å². The third-order valence-electron chi connectivity index (χ3n) is 3.87. The zero-order valence-corrected chi connectivity index (χ0v) is 11.4. The number of nitrogens with one attached hydrogen (secondary N) is 1. The van der Waals surface area contributed by atoms with Crippen molar-refractivity contribution in [3.05, 3.63) is 42.5 Å². The van der Waals surface area contributed by atoms with E-state index in [0.717, 1.165) is 19.3 Å². The van der Waals surface area contributed by atoms with Crippen molar-refractivity contribution in [1.29, 1.82) is 0 Å². The lowest BCUT2D eigenvalue weighted by Gasteiger charge is -2.39. The Hall–Kier alpha value is -2.10. The number of benzene rings is 1. The number of hydrogen-bond acceptors (Lipinski definition) is 2. The fourth-order valence-corrected chi connectivity index (χ4v) is 2.60. The molecule has 1 aliphatic carbocycles. The molecule has 0 radical (unpaired) electrons. The second-order valence-corrected chi connectivity index (χ2v) is 5.35. The Morgan fingerprint density at radius 3 is 2.70 bits per heavy atom. The van der Waals surface area contributed by atoms with Gasteiger partial charge in [0, 0.05) is 5.69 Å². The molecule has 0 aliphatic heterocycles. The highest BCUT2D eigenvalue weighted by Gasteiger charge is 2.42. The lowest BCUT2D eigenvalue weighted by atomic mass is 9.66. The van der Waals surface area contributed by atoms with Gasteiger partial charge in [-0.05, 0) is 37.0 Å². The van der Waals surface area contributed by atoms with Crippen molar-refractivity contribution in [3.8, 4) is 0 Å². The van der Waals surface area contributed by atoms with Gasteiger partial charge in [0.05, 0.1) is 11.8 Å². The van der Waals surface area contributed by atoms with Crippen LogP contribution in [0.15, 0.2) is 36.9 Å². The van der Waals surface area contributed by atoms with Crippen LogP contribution in [0.1, 0.15) is 31.2 Å². The van der Waals surface area contributed by atoms with Gasteiger partial charge in [-0.25, -0.2) is 0 Å². The molecule has 2 rings (SSSR count). The normalized spacial score (nSPS) is 16.0. The van der Waals surface area contributed by atoms with E-state index in [0.29, 0.717) is 17.7 Å². The Bertz CT molecular complexity index is 532. The molecule has 0 unspecified atom stereocenters. The molecule has 2 N–H and O–H groups in total. The molecule has 4 nitrogen and oxygen atoms in total. The molecule has 1 aromatic rings. The Morgan fingerprint density at radius 1 is 1.40 bits per heavy atom. The summed E-state index contributed by atoms with van der Waals surface area (Å²) in [6, 6.07) is 7.00. The van der Waals surface area contributed by atoms with Crippen molar-refractivity contribution in [2.45, 2.75) is 32.1 Å². The number of amides is 1. The van der Waals surface area contributed by atoms with Crippen LogP contribution in [0, 0.1) is 5.41 Å². The van der Waals surface area contributed by atoms with E-state index in [-0.39, 0.29) is 17.7 Å². The van der Waals surface area contributed by atoms with Gasteiger partial charge in [0.15, 0.2) is 0 Å². The van der Waals surface area contributed by atoms with Crippen LogP contribution < -0.4 is 5.32 Å². The molecular formula is C16H19NO3. The maximum absolute atomic E-state index is 12.4. The molecule has 0 bridgehead atoms. The van der Waals surface area contributed by atoms with Gasteiger partial charge in [0.25, 0.3) is 0 Å². The average molecular weight is 273 g/mol. The summed E-state index contributed by atoms with van der Waals surface area (Å²) in [5, 5.41) is 11.7. The third kappa shape index (κ3) is 3.07. The predicted molar refractivity (Wildman–Crippen MR) is 77.5 cm³/mol. The lowest BCUT2D eigenvalue weighted by Crippen LogP contribution is -2.41. The molecule has 0 saturated heterocycles. The molecule has 106 valence electrons. The summed E-state index contributed by atoms with van der Waals surface area (Å²) in [7, 11) is 0. The molecule has 1 aliphatic rings. The minimum Gasteiger partial charge on any atom is -0.481 e. The van der Waals surface area contributed by atoms with Gasteiger partial charge in [-0.1, -0.05) is 24.6 Å². The van der Waals surface area contributed by atoms with Gasteiger partial charge < -0.3 is 10.4 Å². The van der Waals surface area contributed by atoms with E-state index in [4.69, 9.17) is 5.11 Å². The number of hydrogen-bond donors (Lipinski definition) is 2. The number of carboxylic acids is 1. The van der Waals surface area contributed by atoms with E-state index >= 15 is 0 Å². The number of allylic oxidation sites excluding steroid dienone is 1. The van der Waals surface area contributed by atoms with E-state index in [1.807, 2.05) is 0 Å². The van der Waals surface area contributed by atoms with Crippen LogP contribution in [0.4, 0.5) is 5.69 Å². The van der Waals surface area contributed by atoms with Crippen molar-refractivity contribution in [3.63, 3.8) is 0 Å². The molecule has 1 amide bonds. The first-order valence-electron chi connectivity index (χ1n) is 6.79. The molecule has 0 atom stereocenters. The van der Waals surface area contributed by atoms with Gasteiger partial charge in [-0.3, -0.25) is 9.59 Å². The maximum atomic E-state index is 12.4. The summed E-state index contributed by atoms with van der Waals surface area (Å²) in [4.78, 5) is 23.1. The Morgan fingerprint density at radius 2 is 2.15 bits per heavy atom. The second-order valence-electron chi connectivity index (χ2n) is 5.35. The summed E-state index contributed by atoms with van der Waals surface area (Å²) in [5.74, 6) is -0.869. The van der Waals surface area contributed by atoms with Crippen molar-refractivity contribution in [2.75, 3.05) is 5.32 Å². The lowest BCUT2D eigenvalue weighted by molar-refractivity contribution is -0.136. The van der Waals surface area contributed by atoms with Gasteiger partial charge in [-0.15, -0.1) is 6.58 Å². The second kappa shape index (κ2) is 5.90. The molecule has 0 spiro atoms. The van der Waals surface area contributed by atoms with E-state index in [1.54, 1.807) is 30.3 Å². The SMILES string of the molecule is C=CCC1(C(=O)Nc2cccc(CC(=O)O)c2)CCC1. The van der Waals surface area contributed by atoms with E-state index in [2.05, 4.69) is 11.9 Å². The number of aliphatic carboxylic acids is 1. The smallest absolute Gasteiger partial charge is 0.307 e. The largest absolute Gasteiger partial charge is 0.481 e. The molecule has 1 fully saturated rings. The summed E-state index contributed by atoms with van der Waals surface area (Å²) >= 11 is 0. The van der Waals surface area contributed by atoms with Crippen LogP contribution >= 0.6 is 0 Å². The summed E-state index contributed by atoms with van der Waals surface area (Å²) in [5.41, 5.74) is 1.02. The topological polar surface area (TPSA) is 66.4 Å². The molecular weight excluding hydrogens is 254 g/mol. The fraction of sp³-hybridized carbons (Fsp3) is 0.375. The van der Waals surface area contributed by atoms with Crippen LogP contribution in [0.2, 0.25) is 0 Å². The van der Waals surface area contributed by atoms with Crippen LogP contribution in [0.3, 0.4) is 0 Å². The number of carboxylic acid groups (broad SMARTS) is 1. The van der Waals surface area contributed by atoms with Crippen LogP contribution in [-0.4, -0.2) is 17.0 Å². The quantitative estimate of drug-likeness (QED) is 0.783. The molecule has 20 heavy (non-hydrogen) atoms. The number of carbonyl (C=O) groups excluding carboxylic acids is 1. The first-order valence-corrected chi connectivity index (χ1v) is 6.79. The standard InChI is InChI=1S/C16H19NO3/c1-2-7-16(8-4-9-16)15(20)17-13-6-3-5-12(10-13)11-14(18)19/h2-3,5-6,10H,1,4,7-9,11H2,(H,17,20)(H,18,19). The minimum atomic E-state index is -0.879. The highest BCUT2D eigenvalue weighted by Crippen LogP contribution is 2.45. The first-order chi connectivity index (χ1) is 9.55. The minimum absolute atomic E-state index is 0.0103. The molecule has 4 heteroatoms. The number of carbonyl (C=O) groups is 2. The summed E-state index contributed by atoms with van der Waals surface area (Å²) in [6.07, 6.45) is 5.29. The molecule has 1 saturated carbocycles. The van der Waals surface area contributed by atoms with E-state index < -0.39 is 5.97 Å². The Labute approximate surface area is 118 Å². The van der Waals surface area contributed by atoms with Crippen molar-refractivity contribution in [2.24, 2.45) is 5.41 Å². The van der Waals surface area contributed by atoms with Crippen molar-refractivity contribution in [1.82, 2.24) is 0 Å². The zero-order chi connectivity index (χ0) is 14.6. The third-order valence-corrected chi connectivity index (χ3v) is 3.87. The average Bonchev–Trinajstić information content (AvgIpc) is 2.33. The Balaban J connectivity index is 2.07. The Kier molecular flexibility index (Phi) is 4.23. The molecule has 0 heterocycles. The van der Waals surface area contributed by atoms with Crippen molar-refractivity contribution >= 4 is 17.6 Å². The monoisotopic (exact) mass is 273 g/mol. The first kappa shape index (κ1) is 14.3. The summed E-state index contributed by atoms with van der Waals surface area (Å²) in [6.45, 7) is 3.72. The van der Waals surface area contributed by atoms with Gasteiger partial charge in [-0.2, -0.15) is 0 Å².